The Morgan fingerprint density at radius 1 is 1.64 bits per heavy atom. The van der Waals surface area contributed by atoms with Crippen molar-refractivity contribution in [2.24, 2.45) is 0 Å². The molecule has 0 heterocycles. The van der Waals surface area contributed by atoms with E-state index in [1.54, 1.807) is 0 Å². The summed E-state index contributed by atoms with van der Waals surface area (Å²) in [5, 5.41) is 3.29. The van der Waals surface area contributed by atoms with E-state index in [1.165, 1.54) is 3.57 Å². The number of hydrogen-bond donors (Lipinski definition) is 1. The number of anilines is 1. The third-order valence-electron chi connectivity index (χ3n) is 1.87. The van der Waals surface area contributed by atoms with Crippen molar-refractivity contribution in [1.29, 1.82) is 0 Å². The molecule has 1 rings (SSSR count). The number of benzene rings is 1. The van der Waals surface area contributed by atoms with Crippen LogP contribution in [0.3, 0.4) is 0 Å². The molecule has 1 aromatic carbocycles. The molecule has 1 unspecified atom stereocenters. The average molecular weight is 364 g/mol. The van der Waals surface area contributed by atoms with Crippen molar-refractivity contribution in [2.45, 2.75) is 19.4 Å². The highest BCUT2D eigenvalue weighted by Gasteiger charge is 2.04. The van der Waals surface area contributed by atoms with E-state index in [9.17, 15) is 0 Å². The van der Waals surface area contributed by atoms with Crippen LogP contribution in [0.1, 0.15) is 13.3 Å². The molecular formula is C11H11BrIN. The van der Waals surface area contributed by atoms with E-state index in [0.29, 0.717) is 0 Å². The van der Waals surface area contributed by atoms with Crippen LogP contribution >= 0.6 is 38.5 Å². The summed E-state index contributed by atoms with van der Waals surface area (Å²) in [5.74, 6) is 2.71. The van der Waals surface area contributed by atoms with Crippen molar-refractivity contribution < 1.29 is 0 Å². The molecule has 1 nitrogen and oxygen atoms in total. The molecule has 1 aromatic rings. The zero-order chi connectivity index (χ0) is 10.6. The quantitative estimate of drug-likeness (QED) is 0.634. The van der Waals surface area contributed by atoms with Gasteiger partial charge in [-0.15, -0.1) is 6.42 Å². The first-order valence-corrected chi connectivity index (χ1v) is 6.22. The SMILES string of the molecule is C#CC(CC)Nc1ccc(I)cc1Br. The number of hydrogen-bond acceptors (Lipinski definition) is 1. The molecule has 1 atom stereocenters. The molecule has 0 saturated heterocycles. The first-order valence-electron chi connectivity index (χ1n) is 4.35. The predicted octanol–water partition coefficient (Wildman–Crippen LogP) is 3.88. The molecular weight excluding hydrogens is 353 g/mol. The van der Waals surface area contributed by atoms with Crippen LogP contribution in [0.25, 0.3) is 0 Å². The van der Waals surface area contributed by atoms with Gasteiger partial charge >= 0.3 is 0 Å². The third-order valence-corrected chi connectivity index (χ3v) is 3.20. The highest BCUT2D eigenvalue weighted by atomic mass is 127. The first kappa shape index (κ1) is 11.9. The lowest BCUT2D eigenvalue weighted by molar-refractivity contribution is 0.857. The van der Waals surface area contributed by atoms with E-state index in [0.717, 1.165) is 16.6 Å². The van der Waals surface area contributed by atoms with Gasteiger partial charge in [0.1, 0.15) is 0 Å². The second-order valence-corrected chi connectivity index (χ2v) is 5.00. The first-order chi connectivity index (χ1) is 6.67. The van der Waals surface area contributed by atoms with Gasteiger partial charge in [0.25, 0.3) is 0 Å². The molecule has 0 spiro atoms. The van der Waals surface area contributed by atoms with Gasteiger partial charge in [-0.1, -0.05) is 12.8 Å². The minimum absolute atomic E-state index is 0.103. The molecule has 3 heteroatoms. The Morgan fingerprint density at radius 3 is 2.86 bits per heavy atom. The summed E-state index contributed by atoms with van der Waals surface area (Å²) in [7, 11) is 0. The van der Waals surface area contributed by atoms with E-state index < -0.39 is 0 Å². The van der Waals surface area contributed by atoms with Crippen LogP contribution < -0.4 is 5.32 Å². The van der Waals surface area contributed by atoms with E-state index in [1.807, 2.05) is 6.07 Å². The number of rotatable bonds is 3. The summed E-state index contributed by atoms with van der Waals surface area (Å²) >= 11 is 5.77. The van der Waals surface area contributed by atoms with Crippen LogP contribution in [0.4, 0.5) is 5.69 Å². The van der Waals surface area contributed by atoms with Crippen molar-refractivity contribution in [1.82, 2.24) is 0 Å². The number of nitrogens with one attached hydrogen (secondary N) is 1. The standard InChI is InChI=1S/C11H11BrIN/c1-3-9(4-2)14-11-6-5-8(13)7-10(11)12/h1,5-7,9,14H,4H2,2H3. The van der Waals surface area contributed by atoms with Crippen LogP contribution in [-0.4, -0.2) is 6.04 Å². The Balaban J connectivity index is 2.82. The number of halogens is 2. The van der Waals surface area contributed by atoms with Gasteiger partial charge in [-0.05, 0) is 63.1 Å². The molecule has 74 valence electrons. The Labute approximate surface area is 107 Å². The molecule has 1 N–H and O–H groups in total. The van der Waals surface area contributed by atoms with Crippen molar-refractivity contribution in [3.8, 4) is 12.3 Å². The Morgan fingerprint density at radius 2 is 2.36 bits per heavy atom. The Hall–Kier alpha value is -0.210. The van der Waals surface area contributed by atoms with Gasteiger partial charge in [0.15, 0.2) is 0 Å². The van der Waals surface area contributed by atoms with Crippen LogP contribution in [0.5, 0.6) is 0 Å². The van der Waals surface area contributed by atoms with Gasteiger partial charge in [-0.2, -0.15) is 0 Å². The van der Waals surface area contributed by atoms with Crippen LogP contribution in [0.15, 0.2) is 22.7 Å². The molecule has 0 aliphatic heterocycles. The van der Waals surface area contributed by atoms with E-state index in [-0.39, 0.29) is 6.04 Å². The maximum absolute atomic E-state index is 5.38. The summed E-state index contributed by atoms with van der Waals surface area (Å²) in [6.07, 6.45) is 6.31. The largest absolute Gasteiger partial charge is 0.371 e. The molecule has 0 bridgehead atoms. The molecule has 0 amide bonds. The van der Waals surface area contributed by atoms with Crippen molar-refractivity contribution >= 4 is 44.2 Å². The minimum atomic E-state index is 0.103. The molecule has 0 aliphatic carbocycles. The number of terminal acetylenes is 1. The summed E-state index contributed by atoms with van der Waals surface area (Å²) in [6, 6.07) is 6.25. The van der Waals surface area contributed by atoms with Gasteiger partial charge in [0.2, 0.25) is 0 Å². The molecule has 0 fully saturated rings. The summed E-state index contributed by atoms with van der Waals surface area (Å²) in [6.45, 7) is 2.07. The highest BCUT2D eigenvalue weighted by molar-refractivity contribution is 14.1. The molecule has 0 saturated carbocycles. The smallest absolute Gasteiger partial charge is 0.0871 e. The van der Waals surface area contributed by atoms with Crippen LogP contribution in [0, 0.1) is 15.9 Å². The molecule has 0 aromatic heterocycles. The highest BCUT2D eigenvalue weighted by Crippen LogP contribution is 2.25. The maximum Gasteiger partial charge on any atom is 0.0871 e. The fraction of sp³-hybridized carbons (Fsp3) is 0.273. The van der Waals surface area contributed by atoms with Crippen LogP contribution in [-0.2, 0) is 0 Å². The van der Waals surface area contributed by atoms with Gasteiger partial charge in [-0.25, -0.2) is 0 Å². The summed E-state index contributed by atoms with van der Waals surface area (Å²) in [5.41, 5.74) is 1.05. The maximum atomic E-state index is 5.38. The predicted molar refractivity (Wildman–Crippen MR) is 73.4 cm³/mol. The summed E-state index contributed by atoms with van der Waals surface area (Å²) < 4.78 is 2.26. The lowest BCUT2D eigenvalue weighted by Crippen LogP contribution is -2.15. The fourth-order valence-corrected chi connectivity index (χ4v) is 2.47. The zero-order valence-electron chi connectivity index (χ0n) is 7.85. The topological polar surface area (TPSA) is 12.0 Å². The van der Waals surface area contributed by atoms with E-state index in [4.69, 9.17) is 6.42 Å². The fourth-order valence-electron chi connectivity index (χ4n) is 1.06. The minimum Gasteiger partial charge on any atom is -0.371 e. The van der Waals surface area contributed by atoms with E-state index >= 15 is 0 Å². The van der Waals surface area contributed by atoms with Gasteiger partial charge in [0.05, 0.1) is 6.04 Å². The van der Waals surface area contributed by atoms with Gasteiger partial charge in [-0.3, -0.25) is 0 Å². The average Bonchev–Trinajstić information content (AvgIpc) is 2.17. The monoisotopic (exact) mass is 363 g/mol. The summed E-state index contributed by atoms with van der Waals surface area (Å²) in [4.78, 5) is 0. The normalized spacial score (nSPS) is 11.9. The van der Waals surface area contributed by atoms with Crippen LogP contribution in [0.2, 0.25) is 0 Å². The van der Waals surface area contributed by atoms with E-state index in [2.05, 4.69) is 68.8 Å². The lowest BCUT2D eigenvalue weighted by atomic mass is 10.2. The van der Waals surface area contributed by atoms with Crippen molar-refractivity contribution in [3.05, 3.63) is 26.2 Å². The second-order valence-electron chi connectivity index (χ2n) is 2.90. The lowest BCUT2D eigenvalue weighted by Gasteiger charge is -2.13. The molecule has 0 aliphatic rings. The van der Waals surface area contributed by atoms with Crippen molar-refractivity contribution in [3.63, 3.8) is 0 Å². The Bertz CT molecular complexity index is 357. The van der Waals surface area contributed by atoms with Crippen molar-refractivity contribution in [2.75, 3.05) is 5.32 Å². The third kappa shape index (κ3) is 3.18. The molecule has 14 heavy (non-hydrogen) atoms. The second kappa shape index (κ2) is 5.62. The molecule has 0 radical (unpaired) electrons. The Kier molecular flexibility index (Phi) is 4.76. The zero-order valence-corrected chi connectivity index (χ0v) is 11.6. The van der Waals surface area contributed by atoms with Gasteiger partial charge in [0, 0.05) is 13.7 Å². The van der Waals surface area contributed by atoms with Gasteiger partial charge < -0.3 is 5.32 Å².